The van der Waals surface area contributed by atoms with E-state index >= 15 is 0 Å². The lowest BCUT2D eigenvalue weighted by atomic mass is 9.87. The first-order chi connectivity index (χ1) is 15.1. The number of hydrogen-bond donors (Lipinski definition) is 0. The van der Waals surface area contributed by atoms with Gasteiger partial charge in [-0.2, -0.15) is 0 Å². The molecule has 0 saturated heterocycles. The Morgan fingerprint density at radius 3 is 2.06 bits per heavy atom. The molecule has 0 N–H and O–H groups in total. The van der Waals surface area contributed by atoms with Gasteiger partial charge in [0.25, 0.3) is 11.6 Å². The monoisotopic (exact) mass is 422 g/mol. The van der Waals surface area contributed by atoms with Crippen molar-refractivity contribution < 1.29 is 23.7 Å². The average Bonchev–Trinajstić information content (AvgIpc) is 2.83. The number of benzene rings is 2. The molecular weight excluding hydrogens is 392 g/mol. The van der Waals surface area contributed by atoms with E-state index in [9.17, 15) is 0 Å². The summed E-state index contributed by atoms with van der Waals surface area (Å²) in [5, 5.41) is 0. The summed E-state index contributed by atoms with van der Waals surface area (Å²) in [6, 6.07) is 19.8. The van der Waals surface area contributed by atoms with Crippen molar-refractivity contribution in [1.29, 1.82) is 0 Å². The Bertz CT molecular complexity index is 935. The third kappa shape index (κ3) is 4.36. The van der Waals surface area contributed by atoms with Crippen molar-refractivity contribution in [2.24, 2.45) is 0 Å². The highest BCUT2D eigenvalue weighted by molar-refractivity contribution is 5.81. The molecule has 0 fully saturated rings. The van der Waals surface area contributed by atoms with Crippen LogP contribution in [0.5, 0.6) is 0 Å². The fourth-order valence-electron chi connectivity index (χ4n) is 3.75. The molecule has 5 nitrogen and oxygen atoms in total. The molecule has 5 heteroatoms. The third-order valence-corrected chi connectivity index (χ3v) is 5.34. The van der Waals surface area contributed by atoms with E-state index in [0.717, 1.165) is 22.3 Å². The molecule has 0 radical (unpaired) electrons. The molecule has 2 aromatic carbocycles. The molecule has 2 unspecified atom stereocenters. The first-order valence-corrected chi connectivity index (χ1v) is 10.2. The molecule has 3 rings (SSSR count). The molecule has 0 aliphatic heterocycles. The maximum Gasteiger partial charge on any atom is 0.287 e. The summed E-state index contributed by atoms with van der Waals surface area (Å²) in [6.45, 7) is 6.82. The number of methoxy groups -OCH3 is 3. The average molecular weight is 423 g/mol. The minimum Gasteiger partial charge on any atom is -0.495 e. The highest BCUT2D eigenvalue weighted by Crippen LogP contribution is 2.46. The zero-order valence-electron chi connectivity index (χ0n) is 18.6. The largest absolute Gasteiger partial charge is 0.495 e. The van der Waals surface area contributed by atoms with Gasteiger partial charge in [0, 0.05) is 20.8 Å². The lowest BCUT2D eigenvalue weighted by Crippen LogP contribution is -2.61. The van der Waals surface area contributed by atoms with Crippen molar-refractivity contribution in [3.8, 4) is 0 Å². The van der Waals surface area contributed by atoms with Crippen LogP contribution in [0.4, 0.5) is 0 Å². The summed E-state index contributed by atoms with van der Waals surface area (Å²) in [5.74, 6) is -2.41. The van der Waals surface area contributed by atoms with Crippen LogP contribution in [0, 0.1) is 0 Å². The molecule has 1 aliphatic rings. The first kappa shape index (κ1) is 23.0. The van der Waals surface area contributed by atoms with Gasteiger partial charge < -0.3 is 23.7 Å². The Balaban J connectivity index is 2.11. The molecule has 1 aliphatic carbocycles. The van der Waals surface area contributed by atoms with Crippen molar-refractivity contribution in [3.63, 3.8) is 0 Å². The molecular formula is C26H30O5. The van der Waals surface area contributed by atoms with Gasteiger partial charge in [-0.3, -0.25) is 0 Å². The molecule has 0 bridgehead atoms. The van der Waals surface area contributed by atoms with Gasteiger partial charge in [-0.1, -0.05) is 67.2 Å². The minimum absolute atomic E-state index is 0.283. The Morgan fingerprint density at radius 2 is 1.52 bits per heavy atom. The van der Waals surface area contributed by atoms with Gasteiger partial charge in [-0.05, 0) is 41.3 Å². The van der Waals surface area contributed by atoms with Crippen LogP contribution in [0.2, 0.25) is 0 Å². The SMILES string of the molecule is C=C(C1=CC(OC)(OCc2ccccc2)C(OC)(OCC)C(OC)=C1)c1ccccc1. The van der Waals surface area contributed by atoms with Crippen LogP contribution < -0.4 is 0 Å². The molecule has 0 heterocycles. The van der Waals surface area contributed by atoms with E-state index < -0.39 is 11.6 Å². The number of ether oxygens (including phenoxy) is 5. The van der Waals surface area contributed by atoms with Crippen molar-refractivity contribution in [2.75, 3.05) is 27.9 Å². The van der Waals surface area contributed by atoms with E-state index in [1.165, 1.54) is 0 Å². The van der Waals surface area contributed by atoms with E-state index in [-0.39, 0.29) is 6.61 Å². The van der Waals surface area contributed by atoms with Gasteiger partial charge in [0.1, 0.15) is 0 Å². The first-order valence-electron chi connectivity index (χ1n) is 10.2. The zero-order valence-corrected chi connectivity index (χ0v) is 18.6. The van der Waals surface area contributed by atoms with Crippen LogP contribution in [-0.2, 0) is 30.3 Å². The number of allylic oxidation sites excluding steroid dienone is 3. The van der Waals surface area contributed by atoms with Gasteiger partial charge in [-0.25, -0.2) is 0 Å². The van der Waals surface area contributed by atoms with Crippen LogP contribution in [0.15, 0.2) is 90.7 Å². The summed E-state index contributed by atoms with van der Waals surface area (Å²) in [6.07, 6.45) is 3.71. The Kier molecular flexibility index (Phi) is 7.46. The Labute approximate surface area is 184 Å². The summed E-state index contributed by atoms with van der Waals surface area (Å²) in [7, 11) is 4.69. The second-order valence-electron chi connectivity index (χ2n) is 7.06. The normalized spacial score (nSPS) is 23.1. The molecule has 164 valence electrons. The summed E-state index contributed by atoms with van der Waals surface area (Å²) < 4.78 is 30.2. The van der Waals surface area contributed by atoms with Crippen molar-refractivity contribution in [1.82, 2.24) is 0 Å². The van der Waals surface area contributed by atoms with Crippen LogP contribution in [0.25, 0.3) is 5.57 Å². The highest BCUT2D eigenvalue weighted by atomic mass is 16.8. The van der Waals surface area contributed by atoms with Gasteiger partial charge in [0.2, 0.25) is 0 Å². The van der Waals surface area contributed by atoms with Crippen LogP contribution in [0.3, 0.4) is 0 Å². The molecule has 0 aromatic heterocycles. The fraction of sp³-hybridized carbons (Fsp3) is 0.308. The molecule has 0 amide bonds. The highest BCUT2D eigenvalue weighted by Gasteiger charge is 2.60. The van der Waals surface area contributed by atoms with Gasteiger partial charge >= 0.3 is 0 Å². The van der Waals surface area contributed by atoms with E-state index in [0.29, 0.717) is 12.4 Å². The van der Waals surface area contributed by atoms with E-state index in [2.05, 4.69) is 6.58 Å². The molecule has 2 aromatic rings. The van der Waals surface area contributed by atoms with Gasteiger partial charge in [-0.15, -0.1) is 0 Å². The predicted octanol–water partition coefficient (Wildman–Crippen LogP) is 5.11. The van der Waals surface area contributed by atoms with Gasteiger partial charge in [0.05, 0.1) is 13.7 Å². The standard InChI is InChI=1S/C26H30O5/c1-6-30-26(29-5)24(27-3)17-23(20(2)22-15-11-8-12-16-22)18-25(26,28-4)31-19-21-13-9-7-10-14-21/h7-18H,2,6,19H2,1,3-5H3. The summed E-state index contributed by atoms with van der Waals surface area (Å²) in [5.41, 5.74) is 3.58. The summed E-state index contributed by atoms with van der Waals surface area (Å²) >= 11 is 0. The van der Waals surface area contributed by atoms with E-state index in [4.69, 9.17) is 23.7 Å². The van der Waals surface area contributed by atoms with Crippen molar-refractivity contribution >= 4 is 5.57 Å². The number of hydrogen-bond acceptors (Lipinski definition) is 5. The fourth-order valence-corrected chi connectivity index (χ4v) is 3.75. The zero-order chi connectivity index (χ0) is 22.3. The second-order valence-corrected chi connectivity index (χ2v) is 7.06. The van der Waals surface area contributed by atoms with Crippen LogP contribution in [-0.4, -0.2) is 39.5 Å². The molecule has 2 atom stereocenters. The van der Waals surface area contributed by atoms with Gasteiger partial charge in [0.15, 0.2) is 5.76 Å². The lowest BCUT2D eigenvalue weighted by Gasteiger charge is -2.47. The molecule has 0 spiro atoms. The summed E-state index contributed by atoms with van der Waals surface area (Å²) in [4.78, 5) is 0. The van der Waals surface area contributed by atoms with Crippen LogP contribution >= 0.6 is 0 Å². The van der Waals surface area contributed by atoms with Crippen molar-refractivity contribution in [2.45, 2.75) is 25.1 Å². The quantitative estimate of drug-likeness (QED) is 0.498. The van der Waals surface area contributed by atoms with Crippen LogP contribution in [0.1, 0.15) is 18.1 Å². The third-order valence-electron chi connectivity index (χ3n) is 5.34. The molecule has 0 saturated carbocycles. The lowest BCUT2D eigenvalue weighted by molar-refractivity contribution is -0.375. The Morgan fingerprint density at radius 1 is 0.871 bits per heavy atom. The Hall–Kier alpha value is -2.70. The predicted molar refractivity (Wildman–Crippen MR) is 121 cm³/mol. The van der Waals surface area contributed by atoms with E-state index in [1.54, 1.807) is 21.3 Å². The maximum atomic E-state index is 6.40. The minimum atomic E-state index is -1.43. The number of rotatable bonds is 10. The maximum absolute atomic E-state index is 6.40. The van der Waals surface area contributed by atoms with E-state index in [1.807, 2.05) is 79.7 Å². The van der Waals surface area contributed by atoms with Crippen molar-refractivity contribution in [3.05, 3.63) is 102 Å². The molecule has 31 heavy (non-hydrogen) atoms. The second kappa shape index (κ2) is 10.1. The topological polar surface area (TPSA) is 46.2 Å². The smallest absolute Gasteiger partial charge is 0.287 e.